The molecule has 0 aliphatic carbocycles. The van der Waals surface area contributed by atoms with Gasteiger partial charge in [-0.3, -0.25) is 4.79 Å². The van der Waals surface area contributed by atoms with Crippen LogP contribution in [0.2, 0.25) is 0 Å². The molecule has 1 N–H and O–H groups in total. The van der Waals surface area contributed by atoms with Crippen molar-refractivity contribution < 1.29 is 14.3 Å². The van der Waals surface area contributed by atoms with Crippen LogP contribution in [-0.4, -0.2) is 25.7 Å². The van der Waals surface area contributed by atoms with Crippen molar-refractivity contribution in [3.05, 3.63) is 60.2 Å². The van der Waals surface area contributed by atoms with E-state index in [1.165, 1.54) is 0 Å². The van der Waals surface area contributed by atoms with E-state index in [0.29, 0.717) is 17.9 Å². The summed E-state index contributed by atoms with van der Waals surface area (Å²) in [5.74, 6) is 0.605. The molecule has 0 bridgehead atoms. The van der Waals surface area contributed by atoms with Gasteiger partial charge in [0.05, 0.1) is 25.2 Å². The Morgan fingerprint density at radius 2 is 2.12 bits per heavy atom. The highest BCUT2D eigenvalue weighted by atomic mass is 16.5. The van der Waals surface area contributed by atoms with Gasteiger partial charge in [-0.2, -0.15) is 0 Å². The van der Waals surface area contributed by atoms with Gasteiger partial charge in [-0.15, -0.1) is 0 Å². The van der Waals surface area contributed by atoms with Crippen LogP contribution < -0.4 is 10.1 Å². The molecule has 1 fully saturated rings. The van der Waals surface area contributed by atoms with Gasteiger partial charge in [0.15, 0.2) is 0 Å². The highest BCUT2D eigenvalue weighted by Gasteiger charge is 2.37. The van der Waals surface area contributed by atoms with Crippen LogP contribution in [0.25, 0.3) is 0 Å². The number of hydrogen-bond donors (Lipinski definition) is 1. The molecule has 1 aliphatic rings. The van der Waals surface area contributed by atoms with Crippen LogP contribution in [-0.2, 0) is 9.53 Å². The van der Waals surface area contributed by atoms with Crippen LogP contribution in [0.3, 0.4) is 0 Å². The second kappa shape index (κ2) is 9.23. The number of anilines is 1. The molecule has 0 unspecified atom stereocenters. The van der Waals surface area contributed by atoms with E-state index in [0.717, 1.165) is 25.4 Å². The topological polar surface area (TPSA) is 47.6 Å². The summed E-state index contributed by atoms with van der Waals surface area (Å²) in [6.45, 7) is 8.09. The summed E-state index contributed by atoms with van der Waals surface area (Å²) >= 11 is 0. The van der Waals surface area contributed by atoms with Gasteiger partial charge in [0.25, 0.3) is 5.91 Å². The second-order valence-corrected chi connectivity index (χ2v) is 6.26. The summed E-state index contributed by atoms with van der Waals surface area (Å²) < 4.78 is 11.2. The zero-order chi connectivity index (χ0) is 18.1. The molecule has 1 aromatic carbocycles. The largest absolute Gasteiger partial charge is 0.493 e. The first-order valence-corrected chi connectivity index (χ1v) is 8.70. The molecule has 0 aromatic heterocycles. The molecule has 4 heteroatoms. The fraction of sp³-hybridized carbons (Fsp3) is 0.381. The summed E-state index contributed by atoms with van der Waals surface area (Å²) in [7, 11) is 0. The molecule has 1 heterocycles. The average Bonchev–Trinajstić information content (AvgIpc) is 2.58. The van der Waals surface area contributed by atoms with Crippen LogP contribution in [0.1, 0.15) is 27.2 Å². The molecular formula is C21H27NO3. The minimum Gasteiger partial charge on any atom is -0.493 e. The smallest absolute Gasteiger partial charge is 0.255 e. The molecule has 2 rings (SSSR count). The van der Waals surface area contributed by atoms with Crippen LogP contribution in [0.5, 0.6) is 5.75 Å². The first-order valence-electron chi connectivity index (χ1n) is 8.70. The molecular weight excluding hydrogens is 314 g/mol. The molecule has 0 spiro atoms. The highest BCUT2D eigenvalue weighted by Crippen LogP contribution is 2.32. The quantitative estimate of drug-likeness (QED) is 0.559. The van der Waals surface area contributed by atoms with E-state index >= 15 is 0 Å². The Labute approximate surface area is 150 Å². The first kappa shape index (κ1) is 19.0. The van der Waals surface area contributed by atoms with Crippen molar-refractivity contribution >= 4 is 11.6 Å². The van der Waals surface area contributed by atoms with E-state index < -0.39 is 0 Å². The molecule has 1 aromatic rings. The Morgan fingerprint density at radius 3 is 2.72 bits per heavy atom. The van der Waals surface area contributed by atoms with Gasteiger partial charge in [-0.1, -0.05) is 37.3 Å². The molecule has 0 saturated carbocycles. The van der Waals surface area contributed by atoms with Crippen LogP contribution in [0.4, 0.5) is 5.69 Å². The minimum atomic E-state index is -0.147. The van der Waals surface area contributed by atoms with Crippen molar-refractivity contribution in [3.8, 4) is 5.75 Å². The summed E-state index contributed by atoms with van der Waals surface area (Å²) in [6, 6.07) is 7.49. The molecule has 4 nitrogen and oxygen atoms in total. The lowest BCUT2D eigenvalue weighted by atomic mass is 9.84. The van der Waals surface area contributed by atoms with E-state index in [9.17, 15) is 4.79 Å². The van der Waals surface area contributed by atoms with Crippen molar-refractivity contribution in [3.63, 3.8) is 0 Å². The monoisotopic (exact) mass is 341 g/mol. The molecule has 0 atom stereocenters. The van der Waals surface area contributed by atoms with Gasteiger partial charge in [-0.05, 0) is 38.5 Å². The highest BCUT2D eigenvalue weighted by molar-refractivity contribution is 6.06. The number of rotatable bonds is 8. The van der Waals surface area contributed by atoms with Gasteiger partial charge >= 0.3 is 0 Å². The predicted molar refractivity (Wildman–Crippen MR) is 102 cm³/mol. The fourth-order valence-corrected chi connectivity index (χ4v) is 2.47. The standard InChI is InChI=1S/C21H27NO3/c1-4-7-10-17(9-5-2)20(23)22-18-11-8-12-19(13-18)25-16-21(6-3)14-24-15-21/h4-5,7-13H,6,14-16H2,1-3H3,(H,22,23)/b7-4-,9-5-,17-10+. The zero-order valence-corrected chi connectivity index (χ0v) is 15.2. The third kappa shape index (κ3) is 5.33. The summed E-state index contributed by atoms with van der Waals surface area (Å²) in [5.41, 5.74) is 1.45. The van der Waals surface area contributed by atoms with Crippen LogP contribution >= 0.6 is 0 Å². The summed E-state index contributed by atoms with van der Waals surface area (Å²) in [4.78, 5) is 12.4. The molecule has 1 amide bonds. The van der Waals surface area contributed by atoms with E-state index in [4.69, 9.17) is 9.47 Å². The summed E-state index contributed by atoms with van der Waals surface area (Å²) in [5, 5.41) is 2.92. The van der Waals surface area contributed by atoms with E-state index in [-0.39, 0.29) is 11.3 Å². The number of carbonyl (C=O) groups is 1. The number of nitrogens with one attached hydrogen (secondary N) is 1. The van der Waals surface area contributed by atoms with E-state index in [2.05, 4.69) is 12.2 Å². The first-order chi connectivity index (χ1) is 12.1. The fourth-order valence-electron chi connectivity index (χ4n) is 2.47. The maximum Gasteiger partial charge on any atom is 0.255 e. The van der Waals surface area contributed by atoms with Crippen molar-refractivity contribution in [2.75, 3.05) is 25.1 Å². The Hall–Kier alpha value is -2.33. The van der Waals surface area contributed by atoms with Crippen molar-refractivity contribution in [1.82, 2.24) is 0 Å². The molecule has 25 heavy (non-hydrogen) atoms. The Bertz CT molecular complexity index is 664. The lowest BCUT2D eigenvalue weighted by molar-refractivity contribution is -0.133. The maximum absolute atomic E-state index is 12.4. The summed E-state index contributed by atoms with van der Waals surface area (Å²) in [6.07, 6.45) is 10.2. The number of carbonyl (C=O) groups excluding carboxylic acids is 1. The number of allylic oxidation sites excluding steroid dienone is 4. The number of ether oxygens (including phenoxy) is 2. The van der Waals surface area contributed by atoms with Gasteiger partial charge in [-0.25, -0.2) is 0 Å². The maximum atomic E-state index is 12.4. The van der Waals surface area contributed by atoms with Gasteiger partial charge in [0.1, 0.15) is 5.75 Å². The van der Waals surface area contributed by atoms with E-state index in [1.54, 1.807) is 12.2 Å². The predicted octanol–water partition coefficient (Wildman–Crippen LogP) is 4.51. The van der Waals surface area contributed by atoms with Crippen molar-refractivity contribution in [2.24, 2.45) is 5.41 Å². The zero-order valence-electron chi connectivity index (χ0n) is 15.2. The van der Waals surface area contributed by atoms with Crippen LogP contribution in [0.15, 0.2) is 60.2 Å². The molecule has 1 aliphatic heterocycles. The molecule has 1 saturated heterocycles. The minimum absolute atomic E-state index is 0.133. The van der Waals surface area contributed by atoms with Crippen LogP contribution in [0, 0.1) is 5.41 Å². The average molecular weight is 341 g/mol. The molecule has 0 radical (unpaired) electrons. The third-order valence-corrected chi connectivity index (χ3v) is 4.28. The lowest BCUT2D eigenvalue weighted by Gasteiger charge is -2.40. The van der Waals surface area contributed by atoms with E-state index in [1.807, 2.05) is 56.3 Å². The SMILES string of the molecule is C\C=C/C=C(\C=C/C)C(=O)Nc1cccc(OCC2(CC)COC2)c1. The number of benzene rings is 1. The molecule has 134 valence electrons. The number of amides is 1. The third-order valence-electron chi connectivity index (χ3n) is 4.28. The van der Waals surface area contributed by atoms with Gasteiger partial charge in [0, 0.05) is 17.3 Å². The number of hydrogen-bond acceptors (Lipinski definition) is 3. The Kier molecular flexibility index (Phi) is 7.02. The van der Waals surface area contributed by atoms with Crippen molar-refractivity contribution in [2.45, 2.75) is 27.2 Å². The van der Waals surface area contributed by atoms with Gasteiger partial charge in [0.2, 0.25) is 0 Å². The Balaban J connectivity index is 2.01. The lowest BCUT2D eigenvalue weighted by Crippen LogP contribution is -2.46. The van der Waals surface area contributed by atoms with Gasteiger partial charge < -0.3 is 14.8 Å². The second-order valence-electron chi connectivity index (χ2n) is 6.26. The normalized spacial score (nSPS) is 16.8. The Morgan fingerprint density at radius 1 is 1.32 bits per heavy atom. The van der Waals surface area contributed by atoms with Crippen molar-refractivity contribution in [1.29, 1.82) is 0 Å².